The Balaban J connectivity index is 0. The van der Waals surface area contributed by atoms with Gasteiger partial charge in [0.25, 0.3) is 0 Å². The van der Waals surface area contributed by atoms with E-state index in [1.54, 1.807) is 0 Å². The zero-order valence-corrected chi connectivity index (χ0v) is 20.0. The van der Waals surface area contributed by atoms with Gasteiger partial charge in [-0.05, 0) is 40.0 Å². The average molecular weight is 457 g/mol. The molecule has 0 saturated heterocycles. The molecule has 0 fully saturated rings. The van der Waals surface area contributed by atoms with Crippen LogP contribution in [-0.2, 0) is 28.6 Å². The minimum atomic E-state index is -0.860. The van der Waals surface area contributed by atoms with E-state index in [0.29, 0.717) is 6.42 Å². The van der Waals surface area contributed by atoms with Gasteiger partial charge in [-0.1, -0.05) is 39.5 Å². The van der Waals surface area contributed by atoms with Crippen molar-refractivity contribution in [1.29, 1.82) is 0 Å². The smallest absolute Gasteiger partial charge is 0.333 e. The number of carbonyl (C=O) groups is 3. The van der Waals surface area contributed by atoms with Crippen molar-refractivity contribution in [1.82, 2.24) is 0 Å². The van der Waals surface area contributed by atoms with Gasteiger partial charge < -0.3 is 24.4 Å². The molecular weight excluding hydrogens is 416 g/mol. The summed E-state index contributed by atoms with van der Waals surface area (Å²) in [5.41, 5.74) is -0.116. The summed E-state index contributed by atoms with van der Waals surface area (Å²) < 4.78 is 15.5. The van der Waals surface area contributed by atoms with Gasteiger partial charge in [-0.3, -0.25) is 0 Å². The van der Waals surface area contributed by atoms with Crippen molar-refractivity contribution < 1.29 is 38.8 Å². The van der Waals surface area contributed by atoms with Gasteiger partial charge in [0.15, 0.2) is 0 Å². The van der Waals surface area contributed by atoms with E-state index in [0.717, 1.165) is 25.7 Å². The van der Waals surface area contributed by atoms with Crippen LogP contribution in [0.5, 0.6) is 0 Å². The van der Waals surface area contributed by atoms with E-state index in [1.165, 1.54) is 20.8 Å². The van der Waals surface area contributed by atoms with Gasteiger partial charge in [0.2, 0.25) is 0 Å². The molecule has 0 aliphatic carbocycles. The molecular formula is C24H40O8. The molecule has 0 aliphatic heterocycles. The molecule has 184 valence electrons. The summed E-state index contributed by atoms with van der Waals surface area (Å²) in [4.78, 5) is 34.9. The molecule has 0 aromatic heterocycles. The second-order valence-corrected chi connectivity index (χ2v) is 7.78. The summed E-state index contributed by atoms with van der Waals surface area (Å²) >= 11 is 0. The Morgan fingerprint density at radius 2 is 0.938 bits per heavy atom. The number of unbranched alkanes of at least 4 members (excludes halogenated alkanes) is 3. The van der Waals surface area contributed by atoms with Gasteiger partial charge in [0.05, 0.1) is 5.41 Å². The SMILES string of the molecule is C=C(C)C(=O)OCC(CC)(COC(=O)C(=C)C)COC(=O)C(=C)C.OCCCCCCO. The molecule has 0 amide bonds. The number of ether oxygens (including phenoxy) is 3. The number of esters is 3. The highest BCUT2D eigenvalue weighted by Gasteiger charge is 2.34. The standard InChI is InChI=1S/C18H26O6.C6H14O2/c1-8-18(9-22-15(19)12(2)3,10-23-16(20)13(4)5)11-24-17(21)14(6)7;7-5-3-1-2-4-6-8/h2,4,6,8-11H2,1,3,5,7H3;7-8H,1-6H2. The molecule has 0 bridgehead atoms. The molecule has 0 spiro atoms. The van der Waals surface area contributed by atoms with E-state index in [4.69, 9.17) is 24.4 Å². The molecule has 0 atom stereocenters. The van der Waals surface area contributed by atoms with E-state index >= 15 is 0 Å². The molecule has 8 nitrogen and oxygen atoms in total. The summed E-state index contributed by atoms with van der Waals surface area (Å²) in [7, 11) is 0. The van der Waals surface area contributed by atoms with Gasteiger partial charge in [-0.15, -0.1) is 0 Å². The molecule has 2 N–H and O–H groups in total. The Morgan fingerprint density at radius 3 is 1.12 bits per heavy atom. The van der Waals surface area contributed by atoms with Gasteiger partial charge in [-0.25, -0.2) is 14.4 Å². The minimum absolute atomic E-state index is 0.0812. The number of carbonyl (C=O) groups excluding carboxylic acids is 3. The van der Waals surface area contributed by atoms with Crippen molar-refractivity contribution in [2.24, 2.45) is 5.41 Å². The molecule has 0 aromatic carbocycles. The van der Waals surface area contributed by atoms with Crippen molar-refractivity contribution in [3.8, 4) is 0 Å². The molecule has 0 aromatic rings. The third-order valence-corrected chi connectivity index (χ3v) is 4.39. The Morgan fingerprint density at radius 1 is 0.656 bits per heavy atom. The summed E-state index contributed by atoms with van der Waals surface area (Å²) in [6, 6.07) is 0. The Bertz CT molecular complexity index is 556. The highest BCUT2D eigenvalue weighted by Crippen LogP contribution is 2.25. The molecule has 0 rings (SSSR count). The van der Waals surface area contributed by atoms with E-state index < -0.39 is 23.3 Å². The van der Waals surface area contributed by atoms with Crippen LogP contribution < -0.4 is 0 Å². The van der Waals surface area contributed by atoms with Crippen LogP contribution in [0.3, 0.4) is 0 Å². The lowest BCUT2D eigenvalue weighted by atomic mass is 9.88. The minimum Gasteiger partial charge on any atom is -0.461 e. The zero-order valence-electron chi connectivity index (χ0n) is 20.0. The highest BCUT2D eigenvalue weighted by atomic mass is 16.6. The number of aliphatic hydroxyl groups excluding tert-OH is 2. The van der Waals surface area contributed by atoms with Gasteiger partial charge >= 0.3 is 17.9 Å². The molecule has 8 heteroatoms. The lowest BCUT2D eigenvalue weighted by molar-refractivity contribution is -0.157. The fraction of sp³-hybridized carbons (Fsp3) is 0.625. The maximum absolute atomic E-state index is 11.6. The second kappa shape index (κ2) is 18.2. The predicted molar refractivity (Wildman–Crippen MR) is 123 cm³/mol. The number of aliphatic hydroxyl groups is 2. The van der Waals surface area contributed by atoms with E-state index in [2.05, 4.69) is 19.7 Å². The lowest BCUT2D eigenvalue weighted by Gasteiger charge is -2.31. The van der Waals surface area contributed by atoms with Crippen LogP contribution >= 0.6 is 0 Å². The Kier molecular flexibility index (Phi) is 18.0. The van der Waals surface area contributed by atoms with E-state index in [-0.39, 0.29) is 49.8 Å². The first kappa shape index (κ1) is 31.7. The maximum atomic E-state index is 11.6. The van der Waals surface area contributed by atoms with Crippen LogP contribution in [0.4, 0.5) is 0 Å². The van der Waals surface area contributed by atoms with Crippen molar-refractivity contribution in [2.45, 2.75) is 59.8 Å². The normalized spacial score (nSPS) is 10.3. The summed E-state index contributed by atoms with van der Waals surface area (Å²) in [5, 5.41) is 16.6. The number of hydrogen-bond donors (Lipinski definition) is 2. The van der Waals surface area contributed by atoms with E-state index in [9.17, 15) is 14.4 Å². The maximum Gasteiger partial charge on any atom is 0.333 e. The fourth-order valence-electron chi connectivity index (χ4n) is 2.03. The first-order valence-electron chi connectivity index (χ1n) is 10.7. The quantitative estimate of drug-likeness (QED) is 0.167. The average Bonchev–Trinajstić information content (AvgIpc) is 2.76. The van der Waals surface area contributed by atoms with Gasteiger partial charge in [0.1, 0.15) is 19.8 Å². The van der Waals surface area contributed by atoms with Gasteiger partial charge in [0, 0.05) is 29.9 Å². The van der Waals surface area contributed by atoms with Crippen LogP contribution in [0.25, 0.3) is 0 Å². The Labute approximate surface area is 191 Å². The lowest BCUT2D eigenvalue weighted by Crippen LogP contribution is -2.39. The van der Waals surface area contributed by atoms with Crippen LogP contribution in [0.1, 0.15) is 59.8 Å². The third kappa shape index (κ3) is 15.4. The predicted octanol–water partition coefficient (Wildman–Crippen LogP) is 3.27. The topological polar surface area (TPSA) is 119 Å². The molecule has 0 saturated carbocycles. The second-order valence-electron chi connectivity index (χ2n) is 7.78. The van der Waals surface area contributed by atoms with Crippen molar-refractivity contribution >= 4 is 17.9 Å². The Hall–Kier alpha value is -2.45. The van der Waals surface area contributed by atoms with Crippen molar-refractivity contribution in [2.75, 3.05) is 33.0 Å². The molecule has 32 heavy (non-hydrogen) atoms. The molecule has 0 radical (unpaired) electrons. The third-order valence-electron chi connectivity index (χ3n) is 4.39. The monoisotopic (exact) mass is 456 g/mol. The highest BCUT2D eigenvalue weighted by molar-refractivity contribution is 5.88. The fourth-order valence-corrected chi connectivity index (χ4v) is 2.03. The van der Waals surface area contributed by atoms with Crippen LogP contribution in [-0.4, -0.2) is 61.2 Å². The number of hydrogen-bond acceptors (Lipinski definition) is 8. The first-order valence-corrected chi connectivity index (χ1v) is 10.7. The van der Waals surface area contributed by atoms with Crippen LogP contribution in [0.15, 0.2) is 36.5 Å². The summed E-state index contributed by atoms with van der Waals surface area (Å²) in [6.07, 6.45) is 4.28. The molecule has 0 unspecified atom stereocenters. The van der Waals surface area contributed by atoms with E-state index in [1.807, 2.05) is 6.92 Å². The van der Waals surface area contributed by atoms with Crippen LogP contribution in [0, 0.1) is 5.41 Å². The van der Waals surface area contributed by atoms with Gasteiger partial charge in [-0.2, -0.15) is 0 Å². The number of rotatable bonds is 15. The van der Waals surface area contributed by atoms with Crippen LogP contribution in [0.2, 0.25) is 0 Å². The summed E-state index contributed by atoms with van der Waals surface area (Å²) in [6.45, 7) is 17.2. The largest absolute Gasteiger partial charge is 0.461 e. The zero-order chi connectivity index (χ0) is 25.2. The van der Waals surface area contributed by atoms with Crippen molar-refractivity contribution in [3.05, 3.63) is 36.5 Å². The molecule has 0 aliphatic rings. The summed E-state index contributed by atoms with van der Waals surface area (Å²) in [5.74, 6) is -1.69. The first-order chi connectivity index (χ1) is 15.0. The molecule has 0 heterocycles. The van der Waals surface area contributed by atoms with Crippen molar-refractivity contribution in [3.63, 3.8) is 0 Å².